The summed E-state index contributed by atoms with van der Waals surface area (Å²) in [5, 5.41) is 0.0853. The van der Waals surface area contributed by atoms with Gasteiger partial charge in [0.1, 0.15) is 50.9 Å². The molecule has 362 valence electrons. The van der Waals surface area contributed by atoms with Crippen molar-refractivity contribution in [3.05, 3.63) is 112 Å². The number of aliphatic imine (C=N–C) groups is 2. The molecule has 2 aliphatic rings. The Hall–Kier alpha value is -5.95. The molecule has 0 fully saturated rings. The maximum atomic E-state index is 14.7. The molecule has 0 bridgehead atoms. The molecule has 6 rings (SSSR count). The number of nitrogens with zero attached hydrogens (tertiary/aromatic N) is 6. The first-order valence-electron chi connectivity index (χ1n) is 18.9. The van der Waals surface area contributed by atoms with Gasteiger partial charge in [-0.15, -0.1) is 0 Å². The molecule has 2 aromatic carbocycles. The molecular formula is C41H35ClF14N8O3. The fourth-order valence-corrected chi connectivity index (χ4v) is 6.07. The number of halogens is 15. The molecule has 0 saturated carbocycles. The smallest absolute Gasteiger partial charge is 0.424 e. The number of ether oxygens (including phenoxy) is 3. The van der Waals surface area contributed by atoms with Crippen LogP contribution in [0.2, 0.25) is 5.15 Å². The fraction of sp³-hybridized carbons (Fsp3) is 0.366. The molecule has 0 spiro atoms. The van der Waals surface area contributed by atoms with Gasteiger partial charge in [-0.05, 0) is 75.2 Å². The quantitative estimate of drug-likeness (QED) is 0.148. The van der Waals surface area contributed by atoms with Crippen LogP contribution in [0, 0.1) is 11.6 Å². The van der Waals surface area contributed by atoms with Gasteiger partial charge in [0.2, 0.25) is 17.1 Å². The van der Waals surface area contributed by atoms with Crippen LogP contribution in [0.3, 0.4) is 0 Å². The van der Waals surface area contributed by atoms with Gasteiger partial charge >= 0.3 is 24.7 Å². The van der Waals surface area contributed by atoms with Gasteiger partial charge in [-0.2, -0.15) is 35.1 Å². The van der Waals surface area contributed by atoms with Crippen LogP contribution in [0.25, 0.3) is 23.8 Å². The number of amidine groups is 2. The first-order valence-corrected chi connectivity index (χ1v) is 19.3. The highest BCUT2D eigenvalue weighted by atomic mass is 35.5. The topological polar surface area (TPSA) is 156 Å². The van der Waals surface area contributed by atoms with Gasteiger partial charge in [-0.25, -0.2) is 46.3 Å². The number of hydrogen-bond acceptors (Lipinski definition) is 11. The van der Waals surface area contributed by atoms with E-state index in [4.69, 9.17) is 32.5 Å². The van der Waals surface area contributed by atoms with Crippen LogP contribution in [0.15, 0.2) is 71.2 Å². The molecule has 26 heteroatoms. The third-order valence-corrected chi connectivity index (χ3v) is 10.5. The molecule has 67 heavy (non-hydrogen) atoms. The van der Waals surface area contributed by atoms with Gasteiger partial charge in [0, 0.05) is 11.1 Å². The maximum Gasteiger partial charge on any atom is 0.424 e. The number of nitrogens with two attached hydrogens (primary N) is 2. The lowest BCUT2D eigenvalue weighted by atomic mass is 9.88. The van der Waals surface area contributed by atoms with E-state index in [-0.39, 0.29) is 33.1 Å². The lowest BCUT2D eigenvalue weighted by Gasteiger charge is -2.41. The van der Waals surface area contributed by atoms with E-state index in [0.29, 0.717) is 6.92 Å². The van der Waals surface area contributed by atoms with E-state index < -0.39 is 113 Å². The average Bonchev–Trinajstić information content (AvgIpc) is 3.24. The van der Waals surface area contributed by atoms with Gasteiger partial charge in [0.25, 0.3) is 0 Å². The standard InChI is InChI=1S/C22H19F9N4O2.C19H16ClF5N4O/c1-19(9-37-20(2,18(32)35-19)22(29,30)31)12-5-11(3-4-13(12)23)6-14(24)15-7-34-16(8-33-15)36-10-21(27,28)17(25)26;1-17(9-30-18(2,16(26)29-17)19(23,24)25)11-5-10(3-4-12(11)21)6-13(22)14-7-28-15(20)8-27-14/h3-8,17H,9-10H2,1-2H3,(H2,32,35);3-8H,9H2,1-2H3,(H2,26,29)/b14-6-;13-6-/t19-,20+;17-,18+/m00/s1. The molecule has 4 N–H and O–H groups in total. The largest absolute Gasteiger partial charge is 0.470 e. The SMILES string of the molecule is C[C@@]1(c2cc(/C=C(\F)c3cnc(Cl)cn3)ccc2F)CO[C@@](C)(C(F)(F)F)C(N)=N1.C[C@@]1(c2cc(/C=C(\F)c3cnc(OCC(F)(F)C(F)F)cn3)ccc2F)CO[C@@](C)(C(F)(F)F)C(N)=N1. The molecule has 2 aromatic heterocycles. The number of benzene rings is 2. The Kier molecular flexibility index (Phi) is 14.7. The van der Waals surface area contributed by atoms with Crippen molar-refractivity contribution in [3.8, 4) is 5.88 Å². The third kappa shape index (κ3) is 11.3. The van der Waals surface area contributed by atoms with Crippen molar-refractivity contribution >= 4 is 47.1 Å². The molecular weight excluding hydrogens is 954 g/mol. The van der Waals surface area contributed by atoms with Crippen molar-refractivity contribution < 1.29 is 75.7 Å². The molecule has 0 aliphatic carbocycles. The highest BCUT2D eigenvalue weighted by molar-refractivity contribution is 6.29. The summed E-state index contributed by atoms with van der Waals surface area (Å²) in [5.41, 5.74) is 1.68. The van der Waals surface area contributed by atoms with Crippen molar-refractivity contribution in [3.63, 3.8) is 0 Å². The normalized spacial score (nSPS) is 24.1. The predicted octanol–water partition coefficient (Wildman–Crippen LogP) is 9.95. The summed E-state index contributed by atoms with van der Waals surface area (Å²) in [5.74, 6) is -10.1. The Morgan fingerprint density at radius 3 is 1.45 bits per heavy atom. The lowest BCUT2D eigenvalue weighted by Crippen LogP contribution is -2.60. The van der Waals surface area contributed by atoms with E-state index in [1.807, 2.05) is 0 Å². The minimum absolute atomic E-state index is 0.0479. The summed E-state index contributed by atoms with van der Waals surface area (Å²) in [6, 6.07) is 6.83. The Labute approximate surface area is 375 Å². The minimum atomic E-state index is -4.88. The van der Waals surface area contributed by atoms with Crippen LogP contribution in [0.1, 0.15) is 61.3 Å². The number of rotatable bonds is 10. The van der Waals surface area contributed by atoms with Crippen LogP contribution in [-0.2, 0) is 20.6 Å². The Balaban J connectivity index is 0.000000256. The zero-order valence-corrected chi connectivity index (χ0v) is 35.6. The molecule has 0 saturated heterocycles. The summed E-state index contributed by atoms with van der Waals surface area (Å²) in [6.45, 7) is 1.17. The highest BCUT2D eigenvalue weighted by Crippen LogP contribution is 2.43. The Morgan fingerprint density at radius 1 is 0.687 bits per heavy atom. The van der Waals surface area contributed by atoms with Gasteiger partial charge < -0.3 is 25.7 Å². The van der Waals surface area contributed by atoms with Crippen LogP contribution in [-0.4, -0.2) is 87.3 Å². The van der Waals surface area contributed by atoms with E-state index in [9.17, 15) is 61.5 Å². The summed E-state index contributed by atoms with van der Waals surface area (Å²) >= 11 is 5.61. The van der Waals surface area contributed by atoms with Gasteiger partial charge in [0.05, 0.1) is 38.0 Å². The van der Waals surface area contributed by atoms with Gasteiger partial charge in [0.15, 0.2) is 18.3 Å². The monoisotopic (exact) mass is 988 g/mol. The summed E-state index contributed by atoms with van der Waals surface area (Å²) in [6.07, 6.45) is -7.87. The molecule has 0 radical (unpaired) electrons. The van der Waals surface area contributed by atoms with Crippen LogP contribution < -0.4 is 16.2 Å². The van der Waals surface area contributed by atoms with Gasteiger partial charge in [-0.1, -0.05) is 23.7 Å². The summed E-state index contributed by atoms with van der Waals surface area (Å²) in [7, 11) is 0. The van der Waals surface area contributed by atoms with E-state index >= 15 is 0 Å². The van der Waals surface area contributed by atoms with Crippen molar-refractivity contribution in [2.45, 2.75) is 74.7 Å². The minimum Gasteiger partial charge on any atom is -0.470 e. The first-order chi connectivity index (χ1) is 30.8. The molecule has 0 amide bonds. The van der Waals surface area contributed by atoms with Gasteiger partial charge in [-0.3, -0.25) is 9.98 Å². The molecule has 2 aliphatic heterocycles. The molecule has 0 unspecified atom stereocenters. The second-order valence-corrected chi connectivity index (χ2v) is 15.8. The molecule has 11 nitrogen and oxygen atoms in total. The fourth-order valence-electron chi connectivity index (χ4n) is 5.97. The van der Waals surface area contributed by atoms with E-state index in [2.05, 4.69) is 34.7 Å². The van der Waals surface area contributed by atoms with Crippen molar-refractivity contribution in [2.24, 2.45) is 21.5 Å². The van der Waals surface area contributed by atoms with E-state index in [1.165, 1.54) is 26.0 Å². The number of aromatic nitrogens is 4. The summed E-state index contributed by atoms with van der Waals surface area (Å²) < 4.78 is 203. The maximum absolute atomic E-state index is 14.7. The Bertz CT molecular complexity index is 2580. The van der Waals surface area contributed by atoms with Crippen molar-refractivity contribution in [1.82, 2.24) is 19.9 Å². The Morgan fingerprint density at radius 2 is 1.10 bits per heavy atom. The summed E-state index contributed by atoms with van der Waals surface area (Å²) in [4.78, 5) is 22.4. The first kappa shape index (κ1) is 52.0. The third-order valence-electron chi connectivity index (χ3n) is 10.3. The average molecular weight is 989 g/mol. The number of hydrogen-bond donors (Lipinski definition) is 2. The molecule has 4 atom stereocenters. The van der Waals surface area contributed by atoms with Crippen molar-refractivity contribution in [2.75, 3.05) is 19.8 Å². The highest BCUT2D eigenvalue weighted by Gasteiger charge is 2.60. The van der Waals surface area contributed by atoms with Crippen LogP contribution >= 0.6 is 11.6 Å². The van der Waals surface area contributed by atoms with Crippen LogP contribution in [0.5, 0.6) is 5.88 Å². The zero-order chi connectivity index (χ0) is 50.1. The van der Waals surface area contributed by atoms with Crippen molar-refractivity contribution in [1.29, 1.82) is 0 Å². The second-order valence-electron chi connectivity index (χ2n) is 15.5. The zero-order valence-electron chi connectivity index (χ0n) is 34.9. The molecule has 4 aromatic rings. The van der Waals surface area contributed by atoms with E-state index in [0.717, 1.165) is 68.1 Å². The van der Waals surface area contributed by atoms with E-state index in [1.54, 1.807) is 0 Å². The lowest BCUT2D eigenvalue weighted by molar-refractivity contribution is -0.249. The van der Waals surface area contributed by atoms with Crippen LogP contribution in [0.4, 0.5) is 61.5 Å². The second kappa shape index (κ2) is 19.0. The predicted molar refractivity (Wildman–Crippen MR) is 215 cm³/mol. The molecule has 4 heterocycles. The number of alkyl halides is 10.